The normalized spacial score (nSPS) is 10.4. The van der Waals surface area contributed by atoms with Crippen LogP contribution in [0.1, 0.15) is 11.3 Å². The van der Waals surface area contributed by atoms with Gasteiger partial charge >= 0.3 is 0 Å². The first-order valence-corrected chi connectivity index (χ1v) is 4.25. The fraction of sp³-hybridized carbons (Fsp3) is 0.125. The van der Waals surface area contributed by atoms with Crippen LogP contribution in [0.5, 0.6) is 5.75 Å². The van der Waals surface area contributed by atoms with Gasteiger partial charge in [0.1, 0.15) is 11.4 Å². The van der Waals surface area contributed by atoms with Crippen molar-refractivity contribution >= 4 is 23.5 Å². The highest BCUT2D eigenvalue weighted by atomic mass is 32.1. The first kappa shape index (κ1) is 10.4. The second-order valence-electron chi connectivity index (χ2n) is 2.60. The third kappa shape index (κ3) is 2.67. The fourth-order valence-electron chi connectivity index (χ4n) is 0.823. The largest absolute Gasteiger partial charge is 0.505 e. The average Bonchev–Trinajstić information content (AvgIpc) is 2.12. The number of hydrogen-bond donors (Lipinski definition) is 3. The van der Waals surface area contributed by atoms with Crippen LogP contribution in [0.25, 0.3) is 0 Å². The molecule has 1 rings (SSSR count). The van der Waals surface area contributed by atoms with Crippen LogP contribution >= 0.6 is 12.2 Å². The highest BCUT2D eigenvalue weighted by molar-refractivity contribution is 7.80. The average molecular weight is 210 g/mol. The standard InChI is InChI=1S/C8H10N4OS/c1-5-2-3-10-6(7(5)13)4-11-12-8(9)14/h2-4,13H,1H3,(H3,9,12,14)/b11-4+. The lowest BCUT2D eigenvalue weighted by Gasteiger charge is -2.00. The van der Waals surface area contributed by atoms with Gasteiger partial charge in [0.15, 0.2) is 5.11 Å². The van der Waals surface area contributed by atoms with Crippen molar-refractivity contribution in [1.29, 1.82) is 0 Å². The van der Waals surface area contributed by atoms with E-state index in [9.17, 15) is 5.11 Å². The Morgan fingerprint density at radius 3 is 3.14 bits per heavy atom. The van der Waals surface area contributed by atoms with Gasteiger partial charge < -0.3 is 10.8 Å². The van der Waals surface area contributed by atoms with Crippen LogP contribution in [-0.4, -0.2) is 21.4 Å². The van der Waals surface area contributed by atoms with Crippen molar-refractivity contribution in [1.82, 2.24) is 10.4 Å². The molecule has 0 aliphatic heterocycles. The number of hydrogen-bond acceptors (Lipinski definition) is 4. The van der Waals surface area contributed by atoms with E-state index in [2.05, 4.69) is 27.7 Å². The molecule has 6 heteroatoms. The molecule has 1 aromatic heterocycles. The van der Waals surface area contributed by atoms with Crippen molar-refractivity contribution in [2.45, 2.75) is 6.92 Å². The molecule has 0 spiro atoms. The molecular formula is C8H10N4OS. The summed E-state index contributed by atoms with van der Waals surface area (Å²) >= 11 is 4.54. The summed E-state index contributed by atoms with van der Waals surface area (Å²) in [6.07, 6.45) is 2.93. The number of aromatic hydroxyl groups is 1. The lowest BCUT2D eigenvalue weighted by molar-refractivity contribution is 0.467. The maximum absolute atomic E-state index is 9.52. The van der Waals surface area contributed by atoms with E-state index in [1.165, 1.54) is 6.21 Å². The summed E-state index contributed by atoms with van der Waals surface area (Å²) in [7, 11) is 0. The maximum atomic E-state index is 9.52. The Balaban J connectivity index is 2.81. The monoisotopic (exact) mass is 210 g/mol. The lowest BCUT2D eigenvalue weighted by Crippen LogP contribution is -2.24. The van der Waals surface area contributed by atoms with Gasteiger partial charge in [-0.1, -0.05) is 0 Å². The van der Waals surface area contributed by atoms with Gasteiger partial charge in [0.05, 0.1) is 6.21 Å². The third-order valence-electron chi connectivity index (χ3n) is 1.52. The molecule has 4 N–H and O–H groups in total. The molecule has 0 fully saturated rings. The van der Waals surface area contributed by atoms with Crippen LogP contribution in [0.4, 0.5) is 0 Å². The zero-order chi connectivity index (χ0) is 10.6. The maximum Gasteiger partial charge on any atom is 0.184 e. The van der Waals surface area contributed by atoms with Gasteiger partial charge in [0, 0.05) is 6.20 Å². The number of pyridine rings is 1. The molecule has 0 bridgehead atoms. The molecule has 1 aromatic rings. The molecule has 0 saturated heterocycles. The minimum absolute atomic E-state index is 0.0633. The van der Waals surface area contributed by atoms with E-state index in [-0.39, 0.29) is 10.9 Å². The number of nitrogens with one attached hydrogen (secondary N) is 1. The van der Waals surface area contributed by atoms with E-state index in [1.807, 2.05) is 0 Å². The Kier molecular flexibility index (Phi) is 3.35. The minimum Gasteiger partial charge on any atom is -0.505 e. The van der Waals surface area contributed by atoms with E-state index < -0.39 is 0 Å². The molecule has 0 aromatic carbocycles. The first-order chi connectivity index (χ1) is 6.61. The summed E-state index contributed by atoms with van der Waals surface area (Å²) in [6.45, 7) is 1.77. The van der Waals surface area contributed by atoms with Gasteiger partial charge in [0.25, 0.3) is 0 Å². The van der Waals surface area contributed by atoms with Gasteiger partial charge in [0.2, 0.25) is 0 Å². The van der Waals surface area contributed by atoms with Crippen LogP contribution in [0.3, 0.4) is 0 Å². The molecular weight excluding hydrogens is 200 g/mol. The predicted octanol–water partition coefficient (Wildman–Crippen LogP) is 0.263. The summed E-state index contributed by atoms with van der Waals surface area (Å²) < 4.78 is 0. The fourth-order valence-corrected chi connectivity index (χ4v) is 0.876. The van der Waals surface area contributed by atoms with Gasteiger partial charge in [-0.15, -0.1) is 0 Å². The summed E-state index contributed by atoms with van der Waals surface area (Å²) in [5.74, 6) is 0.0981. The van der Waals surface area contributed by atoms with Crippen LogP contribution in [0.2, 0.25) is 0 Å². The molecule has 74 valence electrons. The second kappa shape index (κ2) is 4.52. The lowest BCUT2D eigenvalue weighted by atomic mass is 10.2. The van der Waals surface area contributed by atoms with E-state index in [1.54, 1.807) is 19.2 Å². The molecule has 0 atom stereocenters. The summed E-state index contributed by atoms with van der Waals surface area (Å²) in [4.78, 5) is 3.91. The van der Waals surface area contributed by atoms with Crippen LogP contribution < -0.4 is 11.2 Å². The molecule has 0 radical (unpaired) electrons. The zero-order valence-electron chi connectivity index (χ0n) is 7.56. The van der Waals surface area contributed by atoms with Crippen molar-refractivity contribution < 1.29 is 5.11 Å². The molecule has 0 saturated carbocycles. The van der Waals surface area contributed by atoms with Crippen molar-refractivity contribution in [2.24, 2.45) is 10.8 Å². The number of thiocarbonyl (C=S) groups is 1. The molecule has 14 heavy (non-hydrogen) atoms. The predicted molar refractivity (Wildman–Crippen MR) is 58.2 cm³/mol. The van der Waals surface area contributed by atoms with Crippen LogP contribution in [0, 0.1) is 6.92 Å². The molecule has 0 amide bonds. The van der Waals surface area contributed by atoms with Crippen molar-refractivity contribution in [2.75, 3.05) is 0 Å². The van der Waals surface area contributed by atoms with Gasteiger partial charge in [-0.2, -0.15) is 5.10 Å². The number of nitrogens with zero attached hydrogens (tertiary/aromatic N) is 2. The SMILES string of the molecule is Cc1ccnc(/C=N/NC(N)=S)c1O. The molecule has 0 unspecified atom stereocenters. The second-order valence-corrected chi connectivity index (χ2v) is 3.04. The summed E-state index contributed by atoms with van der Waals surface area (Å²) in [6, 6.07) is 1.70. The van der Waals surface area contributed by atoms with E-state index in [0.29, 0.717) is 5.69 Å². The van der Waals surface area contributed by atoms with Crippen molar-refractivity contribution in [3.8, 4) is 5.75 Å². The summed E-state index contributed by atoms with van der Waals surface area (Å²) in [5.41, 5.74) is 8.62. The molecule has 1 heterocycles. The smallest absolute Gasteiger partial charge is 0.184 e. The molecule has 0 aliphatic rings. The minimum atomic E-state index is 0.0633. The number of rotatable bonds is 2. The number of nitrogens with two attached hydrogens (primary N) is 1. The molecule has 5 nitrogen and oxygen atoms in total. The third-order valence-corrected chi connectivity index (χ3v) is 1.61. The van der Waals surface area contributed by atoms with E-state index in [4.69, 9.17) is 5.73 Å². The Labute approximate surface area is 86.7 Å². The van der Waals surface area contributed by atoms with E-state index in [0.717, 1.165) is 5.56 Å². The quantitative estimate of drug-likeness (QED) is 0.370. The van der Waals surface area contributed by atoms with E-state index >= 15 is 0 Å². The van der Waals surface area contributed by atoms with Gasteiger partial charge in [-0.3, -0.25) is 10.4 Å². The molecule has 0 aliphatic carbocycles. The van der Waals surface area contributed by atoms with Gasteiger partial charge in [-0.05, 0) is 30.8 Å². The topological polar surface area (TPSA) is 83.5 Å². The van der Waals surface area contributed by atoms with Crippen molar-refractivity contribution in [3.63, 3.8) is 0 Å². The number of aromatic nitrogens is 1. The Hall–Kier alpha value is -1.69. The van der Waals surface area contributed by atoms with Crippen molar-refractivity contribution in [3.05, 3.63) is 23.5 Å². The number of aryl methyl sites for hydroxylation is 1. The first-order valence-electron chi connectivity index (χ1n) is 3.84. The highest BCUT2D eigenvalue weighted by Crippen LogP contribution is 2.16. The Morgan fingerprint density at radius 1 is 1.79 bits per heavy atom. The number of hydrazone groups is 1. The zero-order valence-corrected chi connectivity index (χ0v) is 8.38. The summed E-state index contributed by atoms with van der Waals surface area (Å²) in [5, 5.41) is 13.3. The Morgan fingerprint density at radius 2 is 2.50 bits per heavy atom. The Bertz CT molecular complexity index is 378. The van der Waals surface area contributed by atoms with Gasteiger partial charge in [-0.25, -0.2) is 0 Å². The highest BCUT2D eigenvalue weighted by Gasteiger charge is 2.01. The van der Waals surface area contributed by atoms with Crippen LogP contribution in [0.15, 0.2) is 17.4 Å². The van der Waals surface area contributed by atoms with Crippen LogP contribution in [-0.2, 0) is 0 Å².